The smallest absolute Gasteiger partial charge is 0.0734 e. The summed E-state index contributed by atoms with van der Waals surface area (Å²) in [7, 11) is 0. The van der Waals surface area contributed by atoms with Gasteiger partial charge in [0.25, 0.3) is 0 Å². The van der Waals surface area contributed by atoms with Crippen molar-refractivity contribution in [3.05, 3.63) is 35.9 Å². The van der Waals surface area contributed by atoms with Crippen LogP contribution in [0.4, 0.5) is 0 Å². The SMILES string of the molecule is CC(C)ONCCc1ccccc1. The van der Waals surface area contributed by atoms with Crippen LogP contribution in [-0.4, -0.2) is 12.6 Å². The van der Waals surface area contributed by atoms with Gasteiger partial charge >= 0.3 is 0 Å². The van der Waals surface area contributed by atoms with Crippen LogP contribution in [0.3, 0.4) is 0 Å². The lowest BCUT2D eigenvalue weighted by Crippen LogP contribution is -2.21. The van der Waals surface area contributed by atoms with Crippen molar-refractivity contribution in [2.75, 3.05) is 6.54 Å². The summed E-state index contributed by atoms with van der Waals surface area (Å²) in [5.41, 5.74) is 4.27. The van der Waals surface area contributed by atoms with Crippen LogP contribution in [0.5, 0.6) is 0 Å². The number of hydrogen-bond donors (Lipinski definition) is 1. The van der Waals surface area contributed by atoms with E-state index in [1.165, 1.54) is 5.56 Å². The van der Waals surface area contributed by atoms with Gasteiger partial charge in [-0.3, -0.25) is 4.84 Å². The van der Waals surface area contributed by atoms with E-state index in [-0.39, 0.29) is 6.10 Å². The van der Waals surface area contributed by atoms with E-state index in [1.807, 2.05) is 19.9 Å². The molecule has 0 heterocycles. The van der Waals surface area contributed by atoms with E-state index < -0.39 is 0 Å². The summed E-state index contributed by atoms with van der Waals surface area (Å²) in [6.07, 6.45) is 1.25. The third-order valence-corrected chi connectivity index (χ3v) is 1.68. The van der Waals surface area contributed by atoms with Gasteiger partial charge in [-0.1, -0.05) is 30.3 Å². The van der Waals surface area contributed by atoms with E-state index in [9.17, 15) is 0 Å². The lowest BCUT2D eigenvalue weighted by atomic mass is 10.2. The van der Waals surface area contributed by atoms with E-state index in [0.717, 1.165) is 13.0 Å². The molecule has 0 spiro atoms. The first-order valence-electron chi connectivity index (χ1n) is 4.71. The summed E-state index contributed by atoms with van der Waals surface area (Å²) in [5, 5.41) is 0. The molecule has 0 saturated heterocycles. The van der Waals surface area contributed by atoms with Gasteiger partial charge in [-0.05, 0) is 25.8 Å². The molecule has 0 unspecified atom stereocenters. The molecule has 0 aliphatic rings. The van der Waals surface area contributed by atoms with Crippen LogP contribution >= 0.6 is 0 Å². The van der Waals surface area contributed by atoms with E-state index in [4.69, 9.17) is 4.84 Å². The van der Waals surface area contributed by atoms with Crippen LogP contribution in [0.25, 0.3) is 0 Å². The van der Waals surface area contributed by atoms with Crippen molar-refractivity contribution < 1.29 is 4.84 Å². The van der Waals surface area contributed by atoms with Gasteiger partial charge in [0.05, 0.1) is 6.10 Å². The van der Waals surface area contributed by atoms with E-state index in [2.05, 4.69) is 29.7 Å². The first-order chi connectivity index (χ1) is 6.29. The monoisotopic (exact) mass is 179 g/mol. The number of hydroxylamine groups is 1. The van der Waals surface area contributed by atoms with Crippen molar-refractivity contribution in [2.45, 2.75) is 26.4 Å². The number of rotatable bonds is 5. The van der Waals surface area contributed by atoms with Gasteiger partial charge < -0.3 is 0 Å². The first-order valence-corrected chi connectivity index (χ1v) is 4.71. The predicted molar refractivity (Wildman–Crippen MR) is 54.4 cm³/mol. The summed E-state index contributed by atoms with van der Waals surface area (Å²) in [6, 6.07) is 10.4. The Morgan fingerprint density at radius 1 is 1.23 bits per heavy atom. The molecule has 13 heavy (non-hydrogen) atoms. The Kier molecular flexibility index (Phi) is 4.50. The Morgan fingerprint density at radius 2 is 1.92 bits per heavy atom. The summed E-state index contributed by atoms with van der Waals surface area (Å²) < 4.78 is 0. The van der Waals surface area contributed by atoms with E-state index >= 15 is 0 Å². The highest BCUT2D eigenvalue weighted by atomic mass is 16.7. The van der Waals surface area contributed by atoms with Crippen molar-refractivity contribution in [1.29, 1.82) is 0 Å². The molecule has 1 rings (SSSR count). The van der Waals surface area contributed by atoms with Gasteiger partial charge in [0.1, 0.15) is 0 Å². The van der Waals surface area contributed by atoms with E-state index in [1.54, 1.807) is 0 Å². The summed E-state index contributed by atoms with van der Waals surface area (Å²) in [6.45, 7) is 4.88. The van der Waals surface area contributed by atoms with Crippen LogP contribution < -0.4 is 5.48 Å². The zero-order chi connectivity index (χ0) is 9.52. The molecule has 72 valence electrons. The van der Waals surface area contributed by atoms with Gasteiger partial charge in [0, 0.05) is 6.54 Å². The topological polar surface area (TPSA) is 21.3 Å². The van der Waals surface area contributed by atoms with Gasteiger partial charge in [0.2, 0.25) is 0 Å². The van der Waals surface area contributed by atoms with E-state index in [0.29, 0.717) is 0 Å². The van der Waals surface area contributed by atoms with Gasteiger partial charge in [-0.2, -0.15) is 0 Å². The van der Waals surface area contributed by atoms with Gasteiger partial charge in [0.15, 0.2) is 0 Å². The third kappa shape index (κ3) is 4.65. The fourth-order valence-electron chi connectivity index (χ4n) is 1.07. The minimum absolute atomic E-state index is 0.246. The lowest BCUT2D eigenvalue weighted by molar-refractivity contribution is -0.00401. The highest BCUT2D eigenvalue weighted by Gasteiger charge is 1.93. The van der Waals surface area contributed by atoms with Crippen LogP contribution in [0.1, 0.15) is 19.4 Å². The maximum atomic E-state index is 5.21. The Bertz CT molecular complexity index is 221. The number of nitrogens with one attached hydrogen (secondary N) is 1. The normalized spacial score (nSPS) is 10.7. The maximum Gasteiger partial charge on any atom is 0.0734 e. The average Bonchev–Trinajstić information content (AvgIpc) is 2.14. The Morgan fingerprint density at radius 3 is 2.54 bits per heavy atom. The fourth-order valence-corrected chi connectivity index (χ4v) is 1.07. The second kappa shape index (κ2) is 5.73. The molecule has 1 aromatic carbocycles. The standard InChI is InChI=1S/C11H17NO/c1-10(2)13-12-9-8-11-6-4-3-5-7-11/h3-7,10,12H,8-9H2,1-2H3. The molecule has 2 nitrogen and oxygen atoms in total. The molecule has 0 aromatic heterocycles. The highest BCUT2D eigenvalue weighted by Crippen LogP contribution is 1.98. The maximum absolute atomic E-state index is 5.21. The molecule has 0 aliphatic heterocycles. The quantitative estimate of drug-likeness (QED) is 0.552. The molecule has 1 N–H and O–H groups in total. The predicted octanol–water partition coefficient (Wildman–Crippen LogP) is 2.16. The van der Waals surface area contributed by atoms with Crippen molar-refractivity contribution in [3.8, 4) is 0 Å². The fraction of sp³-hybridized carbons (Fsp3) is 0.455. The molecule has 0 aliphatic carbocycles. The minimum atomic E-state index is 0.246. The first kappa shape index (κ1) is 10.2. The second-order valence-electron chi connectivity index (χ2n) is 3.30. The third-order valence-electron chi connectivity index (χ3n) is 1.68. The molecule has 0 bridgehead atoms. The highest BCUT2D eigenvalue weighted by molar-refractivity contribution is 5.14. The molecular weight excluding hydrogens is 162 g/mol. The Hall–Kier alpha value is -0.860. The minimum Gasteiger partial charge on any atom is -0.299 e. The Labute approximate surface area is 79.9 Å². The molecule has 0 fully saturated rings. The van der Waals surface area contributed by atoms with Crippen LogP contribution in [0.2, 0.25) is 0 Å². The molecule has 0 amide bonds. The van der Waals surface area contributed by atoms with Crippen LogP contribution in [0, 0.1) is 0 Å². The summed E-state index contributed by atoms with van der Waals surface area (Å²) >= 11 is 0. The zero-order valence-electron chi connectivity index (χ0n) is 8.29. The van der Waals surface area contributed by atoms with Crippen molar-refractivity contribution >= 4 is 0 Å². The second-order valence-corrected chi connectivity index (χ2v) is 3.30. The zero-order valence-corrected chi connectivity index (χ0v) is 8.29. The summed E-state index contributed by atoms with van der Waals surface area (Å²) in [4.78, 5) is 5.21. The Balaban J connectivity index is 2.13. The van der Waals surface area contributed by atoms with Crippen LogP contribution in [-0.2, 0) is 11.3 Å². The summed E-state index contributed by atoms with van der Waals surface area (Å²) in [5.74, 6) is 0. The van der Waals surface area contributed by atoms with Gasteiger partial charge in [-0.25, -0.2) is 5.48 Å². The average molecular weight is 179 g/mol. The molecule has 0 radical (unpaired) electrons. The van der Waals surface area contributed by atoms with Gasteiger partial charge in [-0.15, -0.1) is 0 Å². The van der Waals surface area contributed by atoms with Crippen molar-refractivity contribution in [2.24, 2.45) is 0 Å². The molecule has 0 atom stereocenters. The van der Waals surface area contributed by atoms with Crippen LogP contribution in [0.15, 0.2) is 30.3 Å². The van der Waals surface area contributed by atoms with Crippen molar-refractivity contribution in [1.82, 2.24) is 5.48 Å². The molecule has 2 heteroatoms. The largest absolute Gasteiger partial charge is 0.299 e. The number of hydrogen-bond acceptors (Lipinski definition) is 2. The molecule has 1 aromatic rings. The number of benzene rings is 1. The molecule has 0 saturated carbocycles. The molecular formula is C11H17NO. The van der Waals surface area contributed by atoms with Crippen molar-refractivity contribution in [3.63, 3.8) is 0 Å². The lowest BCUT2D eigenvalue weighted by Gasteiger charge is -2.08.